The van der Waals surface area contributed by atoms with E-state index in [9.17, 15) is 10.1 Å². The zero-order valence-corrected chi connectivity index (χ0v) is 14.7. The Bertz CT molecular complexity index is 1030. The van der Waals surface area contributed by atoms with Crippen molar-refractivity contribution in [2.75, 3.05) is 7.11 Å². The highest BCUT2D eigenvalue weighted by Crippen LogP contribution is 2.28. The monoisotopic (exact) mass is 363 g/mol. The maximum atomic E-state index is 11.9. The van der Waals surface area contributed by atoms with Crippen molar-refractivity contribution in [2.24, 2.45) is 0 Å². The van der Waals surface area contributed by atoms with Crippen LogP contribution in [-0.4, -0.2) is 13.1 Å². The van der Waals surface area contributed by atoms with Crippen LogP contribution < -0.4 is 0 Å². The van der Waals surface area contributed by atoms with E-state index in [1.54, 1.807) is 60.7 Å². The molecular weight excluding hydrogens is 350 g/mol. The fourth-order valence-corrected chi connectivity index (χ4v) is 2.73. The van der Waals surface area contributed by atoms with Crippen LogP contribution >= 0.6 is 11.6 Å². The number of hydrogen-bond acceptors (Lipinski definition) is 4. The average Bonchev–Trinajstić information content (AvgIpc) is 3.14. The molecule has 3 aromatic rings. The van der Waals surface area contributed by atoms with Crippen LogP contribution in [0, 0.1) is 11.3 Å². The van der Waals surface area contributed by atoms with Gasteiger partial charge in [0.15, 0.2) is 0 Å². The zero-order chi connectivity index (χ0) is 18.5. The maximum Gasteiger partial charge on any atom is 0.338 e. The molecule has 0 aliphatic heterocycles. The Morgan fingerprint density at radius 2 is 1.96 bits per heavy atom. The van der Waals surface area contributed by atoms with Crippen molar-refractivity contribution in [3.05, 3.63) is 82.6 Å². The summed E-state index contributed by atoms with van der Waals surface area (Å²) < 4.78 is 10.6. The molecule has 0 radical (unpaired) electrons. The number of carbonyl (C=O) groups excluding carboxylic acids is 1. The van der Waals surface area contributed by atoms with Gasteiger partial charge >= 0.3 is 5.97 Å². The number of ether oxygens (including phenoxy) is 1. The number of allylic oxidation sites excluding steroid dienone is 1. The van der Waals surface area contributed by atoms with E-state index in [0.717, 1.165) is 0 Å². The number of methoxy groups -OCH3 is 1. The van der Waals surface area contributed by atoms with Crippen LogP contribution in [0.25, 0.3) is 23.0 Å². The summed E-state index contributed by atoms with van der Waals surface area (Å²) >= 11 is 5.99. The third-order valence-electron chi connectivity index (χ3n) is 3.77. The number of esters is 1. The molecule has 5 heteroatoms. The first-order valence-electron chi connectivity index (χ1n) is 7.77. The number of furan rings is 1. The molecular formula is C21H14ClNO3. The summed E-state index contributed by atoms with van der Waals surface area (Å²) in [6, 6.07) is 19.7. The molecule has 0 amide bonds. The normalized spacial score (nSPS) is 11.0. The van der Waals surface area contributed by atoms with Crippen molar-refractivity contribution in [3.63, 3.8) is 0 Å². The summed E-state index contributed by atoms with van der Waals surface area (Å²) in [4.78, 5) is 11.9. The van der Waals surface area contributed by atoms with Crippen molar-refractivity contribution >= 4 is 29.2 Å². The lowest BCUT2D eigenvalue weighted by molar-refractivity contribution is 0.0601. The summed E-state index contributed by atoms with van der Waals surface area (Å²) in [6.45, 7) is 0. The Morgan fingerprint density at radius 1 is 1.15 bits per heavy atom. The molecule has 0 saturated heterocycles. The fourth-order valence-electron chi connectivity index (χ4n) is 2.54. The average molecular weight is 364 g/mol. The van der Waals surface area contributed by atoms with E-state index in [2.05, 4.69) is 6.07 Å². The number of hydrogen-bond donors (Lipinski definition) is 0. The van der Waals surface area contributed by atoms with E-state index in [1.165, 1.54) is 7.11 Å². The minimum Gasteiger partial charge on any atom is -0.465 e. The van der Waals surface area contributed by atoms with Gasteiger partial charge in [-0.3, -0.25) is 0 Å². The second-order valence-electron chi connectivity index (χ2n) is 5.42. The van der Waals surface area contributed by atoms with Crippen LogP contribution in [0.1, 0.15) is 21.7 Å². The van der Waals surface area contributed by atoms with Crippen LogP contribution in [0.4, 0.5) is 0 Å². The zero-order valence-electron chi connectivity index (χ0n) is 13.9. The molecule has 26 heavy (non-hydrogen) atoms. The highest BCUT2D eigenvalue weighted by molar-refractivity contribution is 6.30. The summed E-state index contributed by atoms with van der Waals surface area (Å²) in [5.41, 5.74) is 2.16. The first kappa shape index (κ1) is 17.5. The molecule has 0 spiro atoms. The topological polar surface area (TPSA) is 63.2 Å². The number of nitrogens with zero attached hydrogens (tertiary/aromatic N) is 1. The van der Waals surface area contributed by atoms with Gasteiger partial charge in [-0.1, -0.05) is 41.9 Å². The first-order chi connectivity index (χ1) is 12.6. The van der Waals surface area contributed by atoms with Crippen LogP contribution in [0.3, 0.4) is 0 Å². The predicted molar refractivity (Wildman–Crippen MR) is 100 cm³/mol. The van der Waals surface area contributed by atoms with Gasteiger partial charge in [-0.2, -0.15) is 5.26 Å². The van der Waals surface area contributed by atoms with Crippen molar-refractivity contribution in [3.8, 4) is 17.4 Å². The fraction of sp³-hybridized carbons (Fsp3) is 0.0476. The van der Waals surface area contributed by atoms with Crippen molar-refractivity contribution in [1.29, 1.82) is 5.26 Å². The molecule has 0 unspecified atom stereocenters. The van der Waals surface area contributed by atoms with Gasteiger partial charge in [-0.05, 0) is 42.0 Å². The van der Waals surface area contributed by atoms with Gasteiger partial charge < -0.3 is 9.15 Å². The number of nitriles is 1. The Hall–Kier alpha value is -3.29. The van der Waals surface area contributed by atoms with E-state index in [0.29, 0.717) is 38.8 Å². The van der Waals surface area contributed by atoms with Crippen LogP contribution in [-0.2, 0) is 4.74 Å². The molecule has 0 aliphatic rings. The molecule has 128 valence electrons. The largest absolute Gasteiger partial charge is 0.465 e. The number of benzene rings is 2. The van der Waals surface area contributed by atoms with E-state index >= 15 is 0 Å². The molecule has 0 saturated carbocycles. The van der Waals surface area contributed by atoms with E-state index in [-0.39, 0.29) is 0 Å². The Balaban J connectivity index is 1.98. The molecule has 0 aliphatic carbocycles. The number of carbonyl (C=O) groups is 1. The highest BCUT2D eigenvalue weighted by Gasteiger charge is 2.15. The Kier molecular flexibility index (Phi) is 5.21. The van der Waals surface area contributed by atoms with Crippen molar-refractivity contribution in [2.45, 2.75) is 0 Å². The molecule has 4 nitrogen and oxygen atoms in total. The molecule has 1 heterocycles. The third kappa shape index (κ3) is 3.69. The van der Waals surface area contributed by atoms with Gasteiger partial charge in [0.25, 0.3) is 0 Å². The lowest BCUT2D eigenvalue weighted by atomic mass is 10.1. The van der Waals surface area contributed by atoms with Gasteiger partial charge in [0.1, 0.15) is 11.5 Å². The van der Waals surface area contributed by atoms with E-state index in [4.69, 9.17) is 20.8 Å². The quantitative estimate of drug-likeness (QED) is 0.456. The Morgan fingerprint density at radius 3 is 2.69 bits per heavy atom. The molecule has 1 aromatic heterocycles. The lowest BCUT2D eigenvalue weighted by Crippen LogP contribution is -2.02. The molecule has 0 N–H and O–H groups in total. The first-order valence-corrected chi connectivity index (χ1v) is 8.15. The molecule has 0 fully saturated rings. The summed E-state index contributed by atoms with van der Waals surface area (Å²) in [5, 5.41) is 9.99. The lowest BCUT2D eigenvalue weighted by Gasteiger charge is -2.04. The van der Waals surface area contributed by atoms with Crippen molar-refractivity contribution in [1.82, 2.24) is 0 Å². The van der Waals surface area contributed by atoms with E-state index < -0.39 is 5.97 Å². The maximum absolute atomic E-state index is 11.9. The number of rotatable bonds is 4. The SMILES string of the molecule is COC(=O)c1ccccc1-c1ccc(/C=C(/C#N)c2cccc(Cl)c2)o1. The van der Waals surface area contributed by atoms with Gasteiger partial charge in [-0.25, -0.2) is 4.79 Å². The van der Waals surface area contributed by atoms with E-state index in [1.807, 2.05) is 6.07 Å². The standard InChI is InChI=1S/C21H14ClNO3/c1-25-21(24)19-8-3-2-7-18(19)20-10-9-17(26-20)12-15(13-23)14-5-4-6-16(22)11-14/h2-12H,1H3/b15-12-. The van der Waals surface area contributed by atoms with Crippen LogP contribution in [0.15, 0.2) is 65.1 Å². The second kappa shape index (κ2) is 7.73. The second-order valence-corrected chi connectivity index (χ2v) is 5.86. The molecule has 0 atom stereocenters. The summed E-state index contributed by atoms with van der Waals surface area (Å²) in [7, 11) is 1.33. The molecule has 0 bridgehead atoms. The van der Waals surface area contributed by atoms with Crippen LogP contribution in [0.5, 0.6) is 0 Å². The number of halogens is 1. The summed E-state index contributed by atoms with van der Waals surface area (Å²) in [6.07, 6.45) is 1.63. The predicted octanol–water partition coefficient (Wildman–Crippen LogP) is 5.45. The molecule has 2 aromatic carbocycles. The smallest absolute Gasteiger partial charge is 0.338 e. The highest BCUT2D eigenvalue weighted by atomic mass is 35.5. The Labute approximate surface area is 155 Å². The van der Waals surface area contributed by atoms with Gasteiger partial charge in [0, 0.05) is 10.6 Å². The molecule has 3 rings (SSSR count). The third-order valence-corrected chi connectivity index (χ3v) is 4.00. The van der Waals surface area contributed by atoms with Crippen LogP contribution in [0.2, 0.25) is 5.02 Å². The van der Waals surface area contributed by atoms with Gasteiger partial charge in [0.2, 0.25) is 0 Å². The summed E-state index contributed by atoms with van der Waals surface area (Å²) in [5.74, 6) is 0.572. The minimum absolute atomic E-state index is 0.412. The van der Waals surface area contributed by atoms with Gasteiger partial charge in [0.05, 0.1) is 24.3 Å². The van der Waals surface area contributed by atoms with Crippen molar-refractivity contribution < 1.29 is 13.9 Å². The van der Waals surface area contributed by atoms with Gasteiger partial charge in [-0.15, -0.1) is 0 Å². The minimum atomic E-state index is -0.439.